The predicted octanol–water partition coefficient (Wildman–Crippen LogP) is 3.65. The van der Waals surface area contributed by atoms with Crippen LogP contribution in [0.4, 0.5) is 17.6 Å². The Kier molecular flexibility index (Phi) is 9.26. The van der Waals surface area contributed by atoms with Gasteiger partial charge in [-0.15, -0.1) is 24.0 Å². The highest BCUT2D eigenvalue weighted by Crippen LogP contribution is 2.17. The van der Waals surface area contributed by atoms with E-state index in [0.717, 1.165) is 5.56 Å². The number of hydrogen-bond acceptors (Lipinski definition) is 3. The minimum absolute atomic E-state index is 0. The minimum Gasteiger partial charge on any atom is -0.468 e. The lowest BCUT2D eigenvalue weighted by Crippen LogP contribution is -2.36. The molecule has 27 heavy (non-hydrogen) atoms. The summed E-state index contributed by atoms with van der Waals surface area (Å²) in [5, 5.41) is 6.03. The molecule has 0 saturated carbocycles. The van der Waals surface area contributed by atoms with Crippen LogP contribution >= 0.6 is 24.0 Å². The average Bonchev–Trinajstić information content (AvgIpc) is 2.60. The number of nitrogens with one attached hydrogen (secondary N) is 2. The third kappa shape index (κ3) is 8.89. The first-order valence-electron chi connectivity index (χ1n) is 7.69. The molecule has 0 atom stereocenters. The number of halogens is 5. The molecule has 1 aromatic heterocycles. The summed E-state index contributed by atoms with van der Waals surface area (Å²) in [4.78, 5) is 7.78. The van der Waals surface area contributed by atoms with E-state index in [9.17, 15) is 17.6 Å². The van der Waals surface area contributed by atoms with Gasteiger partial charge in [-0.3, -0.25) is 4.99 Å². The van der Waals surface area contributed by atoms with E-state index < -0.39 is 12.8 Å². The van der Waals surface area contributed by atoms with Crippen LogP contribution in [0.1, 0.15) is 11.1 Å². The molecule has 1 aromatic carbocycles. The topological polar surface area (TPSA) is 58.5 Å². The van der Waals surface area contributed by atoms with Crippen molar-refractivity contribution in [1.82, 2.24) is 15.6 Å². The number of guanidine groups is 1. The maximum atomic E-state index is 13.2. The minimum atomic E-state index is -4.42. The lowest BCUT2D eigenvalue weighted by atomic mass is 10.2. The Morgan fingerprint density at radius 3 is 2.37 bits per heavy atom. The molecule has 0 saturated heterocycles. The SMILES string of the molecule is CN=C(NCc1cccc(F)c1)NCc1ccnc(OCC(F)(F)F)c1.I. The normalized spacial score (nSPS) is 11.5. The zero-order valence-electron chi connectivity index (χ0n) is 14.4. The van der Waals surface area contributed by atoms with Gasteiger partial charge >= 0.3 is 6.18 Å². The van der Waals surface area contributed by atoms with Crippen molar-refractivity contribution in [3.8, 4) is 5.88 Å². The predicted molar refractivity (Wildman–Crippen MR) is 105 cm³/mol. The molecule has 2 aromatic rings. The standard InChI is InChI=1S/C17H18F4N4O.HI/c1-22-16(24-9-12-3-2-4-14(18)7-12)25-10-13-5-6-23-15(8-13)26-11-17(19,20)21;/h2-8H,9-11H2,1H3,(H2,22,24,25);1H. The first-order chi connectivity index (χ1) is 12.4. The van der Waals surface area contributed by atoms with Crippen LogP contribution < -0.4 is 15.4 Å². The van der Waals surface area contributed by atoms with E-state index in [1.807, 2.05) is 0 Å². The highest BCUT2D eigenvalue weighted by Gasteiger charge is 2.28. The summed E-state index contributed by atoms with van der Waals surface area (Å²) in [6, 6.07) is 9.22. The number of rotatable bonds is 6. The summed E-state index contributed by atoms with van der Waals surface area (Å²) in [6.07, 6.45) is -3.05. The molecule has 5 nitrogen and oxygen atoms in total. The van der Waals surface area contributed by atoms with Gasteiger partial charge in [0.05, 0.1) is 0 Å². The molecule has 0 aliphatic carbocycles. The van der Waals surface area contributed by atoms with Crippen LogP contribution in [0.5, 0.6) is 5.88 Å². The fraction of sp³-hybridized carbons (Fsp3) is 0.294. The second-order valence-corrected chi connectivity index (χ2v) is 5.32. The number of alkyl halides is 3. The van der Waals surface area contributed by atoms with Gasteiger partial charge in [-0.25, -0.2) is 9.37 Å². The van der Waals surface area contributed by atoms with Gasteiger partial charge in [0, 0.05) is 32.4 Å². The molecule has 0 aliphatic heterocycles. The van der Waals surface area contributed by atoms with Crippen molar-refractivity contribution in [3.63, 3.8) is 0 Å². The third-order valence-corrected chi connectivity index (χ3v) is 3.22. The molecule has 0 unspecified atom stereocenters. The number of aromatic nitrogens is 1. The van der Waals surface area contributed by atoms with Crippen LogP contribution in [0.15, 0.2) is 47.6 Å². The monoisotopic (exact) mass is 498 g/mol. The smallest absolute Gasteiger partial charge is 0.422 e. The maximum Gasteiger partial charge on any atom is 0.422 e. The van der Waals surface area contributed by atoms with E-state index in [0.29, 0.717) is 24.6 Å². The summed E-state index contributed by atoms with van der Waals surface area (Å²) in [7, 11) is 1.57. The average molecular weight is 498 g/mol. The highest BCUT2D eigenvalue weighted by molar-refractivity contribution is 14.0. The van der Waals surface area contributed by atoms with Gasteiger partial charge in [0.2, 0.25) is 5.88 Å². The van der Waals surface area contributed by atoms with Crippen LogP contribution in [-0.4, -0.2) is 30.8 Å². The Labute approximate surface area is 171 Å². The number of ether oxygens (including phenoxy) is 1. The summed E-state index contributed by atoms with van der Waals surface area (Å²) >= 11 is 0. The van der Waals surface area contributed by atoms with Crippen molar-refractivity contribution in [2.75, 3.05) is 13.7 Å². The van der Waals surface area contributed by atoms with E-state index in [4.69, 9.17) is 0 Å². The van der Waals surface area contributed by atoms with Gasteiger partial charge in [-0.05, 0) is 29.3 Å². The Balaban J connectivity index is 0.00000364. The fourth-order valence-corrected chi connectivity index (χ4v) is 2.03. The number of benzene rings is 1. The molecule has 0 aliphatic rings. The summed E-state index contributed by atoms with van der Waals surface area (Å²) < 4.78 is 54.3. The van der Waals surface area contributed by atoms with Gasteiger partial charge in [0.25, 0.3) is 0 Å². The number of aliphatic imine (C=N–C) groups is 1. The molecule has 1 heterocycles. The van der Waals surface area contributed by atoms with Gasteiger partial charge in [0.1, 0.15) is 5.82 Å². The van der Waals surface area contributed by atoms with Crippen molar-refractivity contribution in [2.45, 2.75) is 19.3 Å². The molecular formula is C17H19F4IN4O. The molecule has 0 amide bonds. The van der Waals surface area contributed by atoms with Crippen molar-refractivity contribution < 1.29 is 22.3 Å². The summed E-state index contributed by atoms with van der Waals surface area (Å²) in [5.41, 5.74) is 1.42. The van der Waals surface area contributed by atoms with Crippen molar-refractivity contribution >= 4 is 29.9 Å². The maximum absolute atomic E-state index is 13.2. The molecule has 0 fully saturated rings. The Hall–Kier alpha value is -2.11. The lowest BCUT2D eigenvalue weighted by molar-refractivity contribution is -0.154. The Bertz CT molecular complexity index is 756. The molecule has 2 N–H and O–H groups in total. The quantitative estimate of drug-likeness (QED) is 0.277. The zero-order valence-corrected chi connectivity index (χ0v) is 16.7. The van der Waals surface area contributed by atoms with Crippen molar-refractivity contribution in [3.05, 3.63) is 59.5 Å². The zero-order chi connectivity index (χ0) is 19.0. The van der Waals surface area contributed by atoms with E-state index >= 15 is 0 Å². The third-order valence-electron chi connectivity index (χ3n) is 3.22. The van der Waals surface area contributed by atoms with Gasteiger partial charge < -0.3 is 15.4 Å². The molecular weight excluding hydrogens is 479 g/mol. The van der Waals surface area contributed by atoms with Crippen molar-refractivity contribution in [1.29, 1.82) is 0 Å². The number of pyridine rings is 1. The highest BCUT2D eigenvalue weighted by atomic mass is 127. The van der Waals surface area contributed by atoms with Crippen LogP contribution in [0, 0.1) is 5.82 Å². The van der Waals surface area contributed by atoms with Crippen LogP contribution in [-0.2, 0) is 13.1 Å². The number of nitrogens with zero attached hydrogens (tertiary/aromatic N) is 2. The van der Waals surface area contributed by atoms with Crippen LogP contribution in [0.2, 0.25) is 0 Å². The number of hydrogen-bond donors (Lipinski definition) is 2. The fourth-order valence-electron chi connectivity index (χ4n) is 2.03. The Morgan fingerprint density at radius 1 is 1.11 bits per heavy atom. The summed E-state index contributed by atoms with van der Waals surface area (Å²) in [6.45, 7) is -0.727. The molecule has 10 heteroatoms. The van der Waals surface area contributed by atoms with Gasteiger partial charge in [-0.1, -0.05) is 12.1 Å². The van der Waals surface area contributed by atoms with E-state index in [1.165, 1.54) is 24.4 Å². The summed E-state index contributed by atoms with van der Waals surface area (Å²) in [5.74, 6) is 0.0311. The largest absolute Gasteiger partial charge is 0.468 e. The second kappa shape index (κ2) is 10.9. The molecule has 0 radical (unpaired) electrons. The van der Waals surface area contributed by atoms with E-state index in [2.05, 4.69) is 25.3 Å². The van der Waals surface area contributed by atoms with E-state index in [-0.39, 0.29) is 35.7 Å². The first-order valence-corrected chi connectivity index (χ1v) is 7.69. The molecule has 2 rings (SSSR count). The lowest BCUT2D eigenvalue weighted by Gasteiger charge is -2.13. The molecule has 0 spiro atoms. The van der Waals surface area contributed by atoms with Crippen LogP contribution in [0.25, 0.3) is 0 Å². The van der Waals surface area contributed by atoms with E-state index in [1.54, 1.807) is 25.2 Å². The molecule has 0 bridgehead atoms. The first kappa shape index (κ1) is 22.9. The molecule has 148 valence electrons. The van der Waals surface area contributed by atoms with Gasteiger partial charge in [0.15, 0.2) is 12.6 Å². The Morgan fingerprint density at radius 2 is 1.78 bits per heavy atom. The second-order valence-electron chi connectivity index (χ2n) is 5.32. The van der Waals surface area contributed by atoms with Crippen LogP contribution in [0.3, 0.4) is 0 Å². The van der Waals surface area contributed by atoms with Gasteiger partial charge in [-0.2, -0.15) is 13.2 Å². The van der Waals surface area contributed by atoms with Crippen molar-refractivity contribution in [2.24, 2.45) is 4.99 Å².